The topological polar surface area (TPSA) is 37.8 Å². The van der Waals surface area contributed by atoms with E-state index in [2.05, 4.69) is 41.8 Å². The van der Waals surface area contributed by atoms with Gasteiger partial charge in [0.25, 0.3) is 0 Å². The van der Waals surface area contributed by atoms with Gasteiger partial charge in [-0.15, -0.1) is 0 Å². The number of halogens is 1. The zero-order valence-electron chi connectivity index (χ0n) is 11.3. The van der Waals surface area contributed by atoms with Crippen molar-refractivity contribution in [3.8, 4) is 0 Å². The first-order valence-corrected chi connectivity index (χ1v) is 8.11. The maximum atomic E-state index is 4.75. The molecule has 0 bridgehead atoms. The van der Waals surface area contributed by atoms with Crippen molar-refractivity contribution in [2.75, 3.05) is 11.9 Å². The number of hydrogen-bond donors (Lipinski definition) is 1. The van der Waals surface area contributed by atoms with E-state index < -0.39 is 0 Å². The van der Waals surface area contributed by atoms with Crippen LogP contribution >= 0.6 is 22.6 Å². The third-order valence-electron chi connectivity index (χ3n) is 3.16. The van der Waals surface area contributed by atoms with Gasteiger partial charge in [-0.2, -0.15) is 0 Å². The molecule has 1 aliphatic carbocycles. The first-order chi connectivity index (χ1) is 8.74. The van der Waals surface area contributed by atoms with Crippen molar-refractivity contribution in [1.82, 2.24) is 9.97 Å². The zero-order valence-corrected chi connectivity index (χ0v) is 13.5. The Morgan fingerprint density at radius 2 is 2.00 bits per heavy atom. The molecule has 1 aromatic heterocycles. The smallest absolute Gasteiger partial charge is 0.143 e. The summed E-state index contributed by atoms with van der Waals surface area (Å²) in [5.74, 6) is 2.94. The van der Waals surface area contributed by atoms with Crippen LogP contribution in [0.2, 0.25) is 0 Å². The summed E-state index contributed by atoms with van der Waals surface area (Å²) in [7, 11) is 0. The second-order valence-corrected chi connectivity index (χ2v) is 6.15. The van der Waals surface area contributed by atoms with Crippen LogP contribution < -0.4 is 5.32 Å². The number of rotatable bonds is 7. The van der Waals surface area contributed by atoms with Crippen LogP contribution in [0.3, 0.4) is 0 Å². The predicted octanol–water partition coefficient (Wildman–Crippen LogP) is 3.81. The highest BCUT2D eigenvalue weighted by molar-refractivity contribution is 14.1. The second kappa shape index (κ2) is 6.68. The van der Waals surface area contributed by atoms with E-state index in [1.165, 1.54) is 22.1 Å². The fourth-order valence-corrected chi connectivity index (χ4v) is 2.68. The Morgan fingerprint density at radius 3 is 2.61 bits per heavy atom. The summed E-state index contributed by atoms with van der Waals surface area (Å²) in [5.41, 5.74) is 1.22. The van der Waals surface area contributed by atoms with Crippen LogP contribution in [0, 0.1) is 9.49 Å². The average molecular weight is 359 g/mol. The summed E-state index contributed by atoms with van der Waals surface area (Å²) in [4.78, 5) is 9.46. The van der Waals surface area contributed by atoms with Gasteiger partial charge >= 0.3 is 0 Å². The summed E-state index contributed by atoms with van der Waals surface area (Å²) in [5, 5.41) is 3.44. The van der Waals surface area contributed by atoms with E-state index in [9.17, 15) is 0 Å². The van der Waals surface area contributed by atoms with E-state index in [1.54, 1.807) is 0 Å². The number of nitrogens with one attached hydrogen (secondary N) is 1. The highest BCUT2D eigenvalue weighted by atomic mass is 127. The molecule has 100 valence electrons. The van der Waals surface area contributed by atoms with Gasteiger partial charge in [0.15, 0.2) is 0 Å². The Labute approximate surface area is 123 Å². The molecule has 4 heteroatoms. The summed E-state index contributed by atoms with van der Waals surface area (Å²) < 4.78 is 1.21. The molecular weight excluding hydrogens is 337 g/mol. The first kappa shape index (κ1) is 14.0. The highest BCUT2D eigenvalue weighted by Gasteiger charge is 2.24. The molecule has 1 N–H and O–H groups in total. The summed E-state index contributed by atoms with van der Waals surface area (Å²) in [6.45, 7) is 5.37. The molecule has 0 atom stereocenters. The van der Waals surface area contributed by atoms with Gasteiger partial charge in [0, 0.05) is 13.0 Å². The average Bonchev–Trinajstić information content (AvgIpc) is 3.15. The molecule has 0 aromatic carbocycles. The van der Waals surface area contributed by atoms with Crippen LogP contribution in [0.25, 0.3) is 0 Å². The van der Waals surface area contributed by atoms with E-state index in [1.807, 2.05) is 0 Å². The SMILES string of the molecule is CCCNc1nc(CC2CC2)nc(CCC)c1I. The van der Waals surface area contributed by atoms with Crippen molar-refractivity contribution in [2.24, 2.45) is 5.92 Å². The predicted molar refractivity (Wildman–Crippen MR) is 84.0 cm³/mol. The fourth-order valence-electron chi connectivity index (χ4n) is 1.98. The fraction of sp³-hybridized carbons (Fsp3) is 0.714. The molecular formula is C14H22IN3. The van der Waals surface area contributed by atoms with Gasteiger partial charge < -0.3 is 5.32 Å². The maximum absolute atomic E-state index is 4.75. The molecule has 0 amide bonds. The van der Waals surface area contributed by atoms with Crippen LogP contribution in [-0.4, -0.2) is 16.5 Å². The molecule has 1 aromatic rings. The number of hydrogen-bond acceptors (Lipinski definition) is 3. The molecule has 0 unspecified atom stereocenters. The minimum absolute atomic E-state index is 0.846. The molecule has 1 fully saturated rings. The monoisotopic (exact) mass is 359 g/mol. The van der Waals surface area contributed by atoms with Crippen LogP contribution in [0.1, 0.15) is 51.0 Å². The zero-order chi connectivity index (χ0) is 13.0. The normalized spacial score (nSPS) is 14.8. The second-order valence-electron chi connectivity index (χ2n) is 5.07. The number of aromatic nitrogens is 2. The van der Waals surface area contributed by atoms with Gasteiger partial charge in [-0.3, -0.25) is 0 Å². The number of aryl methyl sites for hydroxylation is 1. The Hall–Kier alpha value is -0.390. The Bertz CT molecular complexity index is 402. The first-order valence-electron chi connectivity index (χ1n) is 7.03. The minimum Gasteiger partial charge on any atom is -0.369 e. The van der Waals surface area contributed by atoms with E-state index in [0.29, 0.717) is 0 Å². The van der Waals surface area contributed by atoms with Crippen molar-refractivity contribution in [3.63, 3.8) is 0 Å². The van der Waals surface area contributed by atoms with Crippen molar-refractivity contribution < 1.29 is 0 Å². The van der Waals surface area contributed by atoms with E-state index in [0.717, 1.165) is 49.8 Å². The maximum Gasteiger partial charge on any atom is 0.143 e. The Balaban J connectivity index is 2.20. The number of nitrogens with zero attached hydrogens (tertiary/aromatic N) is 2. The Morgan fingerprint density at radius 1 is 1.22 bits per heavy atom. The lowest BCUT2D eigenvalue weighted by molar-refractivity contribution is 0.745. The van der Waals surface area contributed by atoms with Crippen LogP contribution in [-0.2, 0) is 12.8 Å². The quantitative estimate of drug-likeness (QED) is 0.753. The molecule has 0 saturated heterocycles. The molecule has 0 aliphatic heterocycles. The van der Waals surface area contributed by atoms with Crippen LogP contribution in [0.15, 0.2) is 0 Å². The molecule has 18 heavy (non-hydrogen) atoms. The lowest BCUT2D eigenvalue weighted by Crippen LogP contribution is -2.11. The molecule has 1 saturated carbocycles. The lowest BCUT2D eigenvalue weighted by atomic mass is 10.2. The molecule has 1 heterocycles. The van der Waals surface area contributed by atoms with Gasteiger partial charge in [0.05, 0.1) is 9.26 Å². The molecule has 0 radical (unpaired) electrons. The largest absolute Gasteiger partial charge is 0.369 e. The lowest BCUT2D eigenvalue weighted by Gasteiger charge is -2.12. The third kappa shape index (κ3) is 3.80. The van der Waals surface area contributed by atoms with Crippen molar-refractivity contribution in [1.29, 1.82) is 0 Å². The van der Waals surface area contributed by atoms with Crippen LogP contribution in [0.5, 0.6) is 0 Å². The third-order valence-corrected chi connectivity index (χ3v) is 4.30. The molecule has 0 spiro atoms. The summed E-state index contributed by atoms with van der Waals surface area (Å²) in [6, 6.07) is 0. The van der Waals surface area contributed by atoms with Gasteiger partial charge in [0.2, 0.25) is 0 Å². The Kier molecular flexibility index (Phi) is 5.21. The molecule has 3 nitrogen and oxygen atoms in total. The van der Waals surface area contributed by atoms with Crippen molar-refractivity contribution in [3.05, 3.63) is 15.1 Å². The van der Waals surface area contributed by atoms with E-state index >= 15 is 0 Å². The van der Waals surface area contributed by atoms with Gasteiger partial charge in [-0.1, -0.05) is 20.3 Å². The van der Waals surface area contributed by atoms with Crippen LogP contribution in [0.4, 0.5) is 5.82 Å². The summed E-state index contributed by atoms with van der Waals surface area (Å²) >= 11 is 2.38. The summed E-state index contributed by atoms with van der Waals surface area (Å²) in [6.07, 6.45) is 7.10. The van der Waals surface area contributed by atoms with Gasteiger partial charge in [-0.05, 0) is 54.2 Å². The molecule has 2 rings (SSSR count). The van der Waals surface area contributed by atoms with E-state index in [-0.39, 0.29) is 0 Å². The van der Waals surface area contributed by atoms with Crippen molar-refractivity contribution in [2.45, 2.75) is 52.4 Å². The molecule has 1 aliphatic rings. The van der Waals surface area contributed by atoms with Crippen molar-refractivity contribution >= 4 is 28.4 Å². The highest BCUT2D eigenvalue weighted by Crippen LogP contribution is 2.32. The standard InChI is InChI=1S/C14H22IN3/c1-3-5-11-13(15)14(16-8-4-2)18-12(17-11)9-10-6-7-10/h10H,3-9H2,1-2H3,(H,16,17,18). The minimum atomic E-state index is 0.846. The number of anilines is 1. The van der Waals surface area contributed by atoms with E-state index in [4.69, 9.17) is 9.97 Å². The van der Waals surface area contributed by atoms with Gasteiger partial charge in [-0.25, -0.2) is 9.97 Å². The van der Waals surface area contributed by atoms with Gasteiger partial charge in [0.1, 0.15) is 11.6 Å².